The Hall–Kier alpha value is -3.13. The van der Waals surface area contributed by atoms with Crippen molar-refractivity contribution in [1.29, 1.82) is 0 Å². The summed E-state index contributed by atoms with van der Waals surface area (Å²) < 4.78 is 32.8. The molecule has 0 bridgehead atoms. The molecule has 2 rings (SSSR count). The molecule has 0 aromatic heterocycles. The average Bonchev–Trinajstić information content (AvgIpc) is 2.75. The predicted molar refractivity (Wildman–Crippen MR) is 118 cm³/mol. The average molecular weight is 435 g/mol. The molecule has 30 heavy (non-hydrogen) atoms. The molecule has 0 aliphatic carbocycles. The molecule has 0 fully saturated rings. The molecular weight excluding hydrogens is 408 g/mol. The van der Waals surface area contributed by atoms with Crippen LogP contribution in [0.3, 0.4) is 0 Å². The third-order valence-electron chi connectivity index (χ3n) is 4.19. The standard InChI is InChI=1S/C22H26O7S/c1-26-17-11-15(12-18(27-2)21(17)23)7-5-9-30(25)10-6-8-16-13-19(28-3)22(24)20(14-16)29-4/h5-8,11-14,23-24H,9-10H2,1-4H3/b7-5+,8-6+. The topological polar surface area (TPSA) is 94.5 Å². The Morgan fingerprint density at radius 1 is 0.700 bits per heavy atom. The zero-order valence-corrected chi connectivity index (χ0v) is 18.2. The first kappa shape index (κ1) is 23.2. The van der Waals surface area contributed by atoms with E-state index in [1.165, 1.54) is 28.4 Å². The van der Waals surface area contributed by atoms with Crippen molar-refractivity contribution < 1.29 is 33.4 Å². The number of phenolic OH excluding ortho intramolecular Hbond substituents is 2. The quantitative estimate of drug-likeness (QED) is 0.590. The number of hydrogen-bond acceptors (Lipinski definition) is 7. The maximum absolute atomic E-state index is 12.3. The van der Waals surface area contributed by atoms with Crippen LogP contribution in [0.2, 0.25) is 0 Å². The fourth-order valence-corrected chi connectivity index (χ4v) is 3.43. The molecule has 2 aromatic rings. The van der Waals surface area contributed by atoms with Crippen molar-refractivity contribution in [2.75, 3.05) is 39.9 Å². The molecule has 7 nitrogen and oxygen atoms in total. The third-order valence-corrected chi connectivity index (χ3v) is 5.32. The molecule has 0 aliphatic heterocycles. The van der Waals surface area contributed by atoms with Crippen LogP contribution in [0, 0.1) is 0 Å². The molecule has 0 aliphatic rings. The van der Waals surface area contributed by atoms with E-state index in [-0.39, 0.29) is 11.5 Å². The van der Waals surface area contributed by atoms with Crippen molar-refractivity contribution in [2.24, 2.45) is 0 Å². The van der Waals surface area contributed by atoms with Crippen LogP contribution in [0.1, 0.15) is 11.1 Å². The predicted octanol–water partition coefficient (Wildman–Crippen LogP) is 3.61. The van der Waals surface area contributed by atoms with Gasteiger partial charge in [0.2, 0.25) is 11.5 Å². The second-order valence-corrected chi connectivity index (χ2v) is 7.67. The van der Waals surface area contributed by atoms with Crippen LogP contribution < -0.4 is 18.9 Å². The van der Waals surface area contributed by atoms with Crippen molar-refractivity contribution in [1.82, 2.24) is 0 Å². The molecule has 0 saturated heterocycles. The number of methoxy groups -OCH3 is 4. The number of hydrogen-bond donors (Lipinski definition) is 2. The Kier molecular flexibility index (Phi) is 8.61. The number of aromatic hydroxyl groups is 2. The minimum absolute atomic E-state index is 0.0617. The van der Waals surface area contributed by atoms with E-state index >= 15 is 0 Å². The van der Waals surface area contributed by atoms with E-state index in [9.17, 15) is 14.4 Å². The fourth-order valence-electron chi connectivity index (χ4n) is 2.67. The van der Waals surface area contributed by atoms with Gasteiger partial charge >= 0.3 is 0 Å². The SMILES string of the molecule is COc1cc(/C=C/CS(=O)C/C=C/c2cc(OC)c(O)c(OC)c2)cc(OC)c1O. The van der Waals surface area contributed by atoms with Gasteiger partial charge in [-0.3, -0.25) is 4.21 Å². The normalized spacial score (nSPS) is 11.4. The van der Waals surface area contributed by atoms with E-state index in [1.54, 1.807) is 48.6 Å². The lowest BCUT2D eigenvalue weighted by molar-refractivity contribution is 0.340. The monoisotopic (exact) mass is 434 g/mol. The Morgan fingerprint density at radius 3 is 1.27 bits per heavy atom. The number of rotatable bonds is 10. The highest BCUT2D eigenvalue weighted by molar-refractivity contribution is 7.85. The van der Waals surface area contributed by atoms with Crippen LogP contribution in [-0.4, -0.2) is 54.4 Å². The highest BCUT2D eigenvalue weighted by atomic mass is 32.2. The summed E-state index contributed by atoms with van der Waals surface area (Å²) in [5, 5.41) is 19.9. The Bertz CT molecular complexity index is 825. The zero-order chi connectivity index (χ0) is 22.1. The van der Waals surface area contributed by atoms with Gasteiger partial charge in [0.15, 0.2) is 23.0 Å². The Labute approximate surface area is 178 Å². The Morgan fingerprint density at radius 2 is 1.00 bits per heavy atom. The maximum Gasteiger partial charge on any atom is 0.200 e. The molecule has 0 saturated carbocycles. The van der Waals surface area contributed by atoms with Gasteiger partial charge in [0.25, 0.3) is 0 Å². The molecule has 0 heterocycles. The van der Waals surface area contributed by atoms with Gasteiger partial charge in [-0.05, 0) is 35.4 Å². The summed E-state index contributed by atoms with van der Waals surface area (Å²) in [6, 6.07) is 6.68. The maximum atomic E-state index is 12.3. The highest BCUT2D eigenvalue weighted by Gasteiger charge is 2.11. The highest BCUT2D eigenvalue weighted by Crippen LogP contribution is 2.38. The van der Waals surface area contributed by atoms with Gasteiger partial charge in [-0.2, -0.15) is 0 Å². The van der Waals surface area contributed by atoms with Crippen LogP contribution in [-0.2, 0) is 10.8 Å². The van der Waals surface area contributed by atoms with Crippen LogP contribution in [0.4, 0.5) is 0 Å². The van der Waals surface area contributed by atoms with E-state index in [0.717, 1.165) is 11.1 Å². The van der Waals surface area contributed by atoms with Crippen molar-refractivity contribution in [2.45, 2.75) is 0 Å². The summed E-state index contributed by atoms with van der Waals surface area (Å²) in [6.45, 7) is 0. The molecule has 162 valence electrons. The first-order chi connectivity index (χ1) is 14.4. The van der Waals surface area contributed by atoms with Gasteiger partial charge in [0, 0.05) is 22.3 Å². The van der Waals surface area contributed by atoms with Crippen molar-refractivity contribution in [3.05, 3.63) is 47.5 Å². The van der Waals surface area contributed by atoms with Gasteiger partial charge in [-0.1, -0.05) is 24.3 Å². The van der Waals surface area contributed by atoms with Gasteiger partial charge in [0.05, 0.1) is 28.4 Å². The van der Waals surface area contributed by atoms with Gasteiger partial charge in [-0.15, -0.1) is 0 Å². The molecule has 0 amide bonds. The minimum atomic E-state index is -1.10. The second-order valence-electron chi connectivity index (χ2n) is 6.13. The van der Waals surface area contributed by atoms with Crippen molar-refractivity contribution in [3.63, 3.8) is 0 Å². The number of ether oxygens (including phenoxy) is 4. The summed E-state index contributed by atoms with van der Waals surface area (Å²) in [5.41, 5.74) is 1.52. The molecule has 0 unspecified atom stereocenters. The summed E-state index contributed by atoms with van der Waals surface area (Å²) in [5.74, 6) is 1.81. The largest absolute Gasteiger partial charge is 0.502 e. The minimum Gasteiger partial charge on any atom is -0.502 e. The van der Waals surface area contributed by atoms with Crippen molar-refractivity contribution in [3.8, 4) is 34.5 Å². The molecule has 2 N–H and O–H groups in total. The lowest BCUT2D eigenvalue weighted by atomic mass is 10.1. The fraction of sp³-hybridized carbons (Fsp3) is 0.273. The van der Waals surface area contributed by atoms with Crippen LogP contribution >= 0.6 is 0 Å². The molecule has 0 atom stereocenters. The molecule has 2 aromatic carbocycles. The molecule has 0 radical (unpaired) electrons. The van der Waals surface area contributed by atoms with Crippen LogP contribution in [0.15, 0.2) is 36.4 Å². The van der Waals surface area contributed by atoms with Gasteiger partial charge in [0.1, 0.15) is 0 Å². The zero-order valence-electron chi connectivity index (χ0n) is 17.4. The lowest BCUT2D eigenvalue weighted by Gasteiger charge is -2.09. The molecular formula is C22H26O7S. The summed E-state index contributed by atoms with van der Waals surface area (Å²) >= 11 is 0. The summed E-state index contributed by atoms with van der Waals surface area (Å²) in [6.07, 6.45) is 7.17. The van der Waals surface area contributed by atoms with E-state index < -0.39 is 10.8 Å². The lowest BCUT2D eigenvalue weighted by Crippen LogP contribution is -1.97. The molecule has 8 heteroatoms. The summed E-state index contributed by atoms with van der Waals surface area (Å²) in [4.78, 5) is 0. The second kappa shape index (κ2) is 11.2. The van der Waals surface area contributed by atoms with Gasteiger partial charge < -0.3 is 29.2 Å². The first-order valence-corrected chi connectivity index (χ1v) is 10.5. The summed E-state index contributed by atoms with van der Waals surface area (Å²) in [7, 11) is 4.74. The number of benzene rings is 2. The Balaban J connectivity index is 1.99. The van der Waals surface area contributed by atoms with Crippen LogP contribution in [0.5, 0.6) is 34.5 Å². The third kappa shape index (κ3) is 5.93. The molecule has 0 spiro atoms. The van der Waals surface area contributed by atoms with Gasteiger partial charge in [-0.25, -0.2) is 0 Å². The number of phenols is 2. The van der Waals surface area contributed by atoms with E-state index in [2.05, 4.69) is 0 Å². The van der Waals surface area contributed by atoms with E-state index in [1.807, 2.05) is 0 Å². The van der Waals surface area contributed by atoms with E-state index in [4.69, 9.17) is 18.9 Å². The van der Waals surface area contributed by atoms with Crippen LogP contribution in [0.25, 0.3) is 12.2 Å². The first-order valence-electron chi connectivity index (χ1n) is 9.01. The van der Waals surface area contributed by atoms with Crippen molar-refractivity contribution >= 4 is 23.0 Å². The smallest absolute Gasteiger partial charge is 0.200 e. The van der Waals surface area contributed by atoms with E-state index in [0.29, 0.717) is 34.5 Å².